The number of nitrogens with one attached hydrogen (secondary N) is 1. The first-order chi connectivity index (χ1) is 6.36. The van der Waals surface area contributed by atoms with Gasteiger partial charge in [0, 0.05) is 5.69 Å². The van der Waals surface area contributed by atoms with Gasteiger partial charge in [-0.1, -0.05) is 0 Å². The van der Waals surface area contributed by atoms with E-state index < -0.39 is 17.8 Å². The summed E-state index contributed by atoms with van der Waals surface area (Å²) in [6.07, 6.45) is -4.48. The highest BCUT2D eigenvalue weighted by Crippen LogP contribution is 2.29. The number of alkyl halides is 3. The number of aromatic nitrogens is 1. The van der Waals surface area contributed by atoms with Crippen molar-refractivity contribution in [2.45, 2.75) is 13.1 Å². The smallest absolute Gasteiger partial charge is 0.431 e. The van der Waals surface area contributed by atoms with Crippen LogP contribution in [0.2, 0.25) is 0 Å². The molecule has 0 radical (unpaired) electrons. The SMILES string of the molecule is COC(=O)c1cc(C(F)(F)F)[nH]c1C. The molecular weight excluding hydrogens is 199 g/mol. The molecule has 0 aromatic carbocycles. The molecule has 0 aliphatic heterocycles. The Balaban J connectivity index is 3.12. The van der Waals surface area contributed by atoms with E-state index in [2.05, 4.69) is 9.72 Å². The van der Waals surface area contributed by atoms with Crippen LogP contribution >= 0.6 is 0 Å². The van der Waals surface area contributed by atoms with Crippen molar-refractivity contribution in [1.82, 2.24) is 4.98 Å². The minimum atomic E-state index is -4.48. The number of halogens is 3. The Morgan fingerprint density at radius 3 is 2.43 bits per heavy atom. The summed E-state index contributed by atoms with van der Waals surface area (Å²) in [7, 11) is 1.11. The Kier molecular flexibility index (Phi) is 2.55. The third-order valence-corrected chi connectivity index (χ3v) is 1.73. The Hall–Kier alpha value is -1.46. The second kappa shape index (κ2) is 3.36. The van der Waals surface area contributed by atoms with Crippen molar-refractivity contribution in [2.75, 3.05) is 7.11 Å². The van der Waals surface area contributed by atoms with Crippen molar-refractivity contribution in [2.24, 2.45) is 0 Å². The van der Waals surface area contributed by atoms with E-state index in [9.17, 15) is 18.0 Å². The predicted octanol–water partition coefficient (Wildman–Crippen LogP) is 2.13. The summed E-state index contributed by atoms with van der Waals surface area (Å²) in [5, 5.41) is 0. The molecular formula is C8H8F3NO2. The summed E-state index contributed by atoms with van der Waals surface area (Å²) in [4.78, 5) is 13.0. The first kappa shape index (κ1) is 10.6. The van der Waals surface area contributed by atoms with Gasteiger partial charge in [-0.25, -0.2) is 4.79 Å². The average Bonchev–Trinajstić information content (AvgIpc) is 2.45. The minimum Gasteiger partial charge on any atom is -0.465 e. The number of hydrogen-bond donors (Lipinski definition) is 1. The lowest BCUT2D eigenvalue weighted by Crippen LogP contribution is -2.05. The number of aromatic amines is 1. The zero-order chi connectivity index (χ0) is 10.9. The van der Waals surface area contributed by atoms with Crippen LogP contribution in [0.1, 0.15) is 21.7 Å². The fourth-order valence-electron chi connectivity index (χ4n) is 1.03. The van der Waals surface area contributed by atoms with Crippen LogP contribution in [0, 0.1) is 6.92 Å². The van der Waals surface area contributed by atoms with Crippen molar-refractivity contribution in [3.63, 3.8) is 0 Å². The molecule has 0 spiro atoms. The topological polar surface area (TPSA) is 42.1 Å². The zero-order valence-corrected chi connectivity index (χ0v) is 7.53. The highest BCUT2D eigenvalue weighted by Gasteiger charge is 2.34. The molecule has 1 aromatic heterocycles. The first-order valence-corrected chi connectivity index (χ1v) is 3.71. The first-order valence-electron chi connectivity index (χ1n) is 3.71. The maximum atomic E-state index is 12.2. The van der Waals surface area contributed by atoms with Gasteiger partial charge in [0.15, 0.2) is 0 Å². The lowest BCUT2D eigenvalue weighted by molar-refractivity contribution is -0.140. The molecule has 6 heteroatoms. The monoisotopic (exact) mass is 207 g/mol. The molecule has 0 aliphatic carbocycles. The number of carbonyl (C=O) groups is 1. The van der Waals surface area contributed by atoms with E-state index in [4.69, 9.17) is 0 Å². The maximum absolute atomic E-state index is 12.2. The molecule has 0 fully saturated rings. The van der Waals surface area contributed by atoms with Crippen molar-refractivity contribution in [3.8, 4) is 0 Å². The highest BCUT2D eigenvalue weighted by atomic mass is 19.4. The van der Waals surface area contributed by atoms with Gasteiger partial charge in [0.2, 0.25) is 0 Å². The van der Waals surface area contributed by atoms with E-state index in [0.717, 1.165) is 13.2 Å². The van der Waals surface area contributed by atoms with Gasteiger partial charge < -0.3 is 9.72 Å². The Bertz CT molecular complexity index is 354. The van der Waals surface area contributed by atoms with Gasteiger partial charge in [0.25, 0.3) is 0 Å². The van der Waals surface area contributed by atoms with Gasteiger partial charge in [-0.3, -0.25) is 0 Å². The number of esters is 1. The van der Waals surface area contributed by atoms with Crippen LogP contribution in [0.15, 0.2) is 6.07 Å². The Labute approximate surface area is 77.9 Å². The lowest BCUT2D eigenvalue weighted by Gasteiger charge is -2.00. The fraction of sp³-hybridized carbons (Fsp3) is 0.375. The predicted molar refractivity (Wildman–Crippen MR) is 41.9 cm³/mol. The largest absolute Gasteiger partial charge is 0.465 e. The molecule has 0 unspecified atom stereocenters. The van der Waals surface area contributed by atoms with Crippen LogP contribution in [0.5, 0.6) is 0 Å². The third-order valence-electron chi connectivity index (χ3n) is 1.73. The molecule has 0 aliphatic rings. The summed E-state index contributed by atoms with van der Waals surface area (Å²) in [5.74, 6) is -0.783. The third kappa shape index (κ3) is 1.89. The van der Waals surface area contributed by atoms with Gasteiger partial charge in [0.05, 0.1) is 12.7 Å². The van der Waals surface area contributed by atoms with Crippen LogP contribution < -0.4 is 0 Å². The van der Waals surface area contributed by atoms with E-state index in [1.165, 1.54) is 6.92 Å². The van der Waals surface area contributed by atoms with Gasteiger partial charge in [-0.2, -0.15) is 13.2 Å². The second-order valence-corrected chi connectivity index (χ2v) is 2.71. The molecule has 0 saturated heterocycles. The summed E-state index contributed by atoms with van der Waals surface area (Å²) in [6.45, 7) is 1.38. The van der Waals surface area contributed by atoms with Gasteiger partial charge in [-0.15, -0.1) is 0 Å². The van der Waals surface area contributed by atoms with E-state index in [-0.39, 0.29) is 11.3 Å². The Morgan fingerprint density at radius 2 is 2.07 bits per heavy atom. The van der Waals surface area contributed by atoms with Crippen molar-refractivity contribution in [3.05, 3.63) is 23.0 Å². The van der Waals surface area contributed by atoms with Crippen molar-refractivity contribution < 1.29 is 22.7 Å². The molecule has 1 aromatic rings. The van der Waals surface area contributed by atoms with Gasteiger partial charge in [0.1, 0.15) is 5.69 Å². The summed E-state index contributed by atoms with van der Waals surface area (Å²) >= 11 is 0. The number of ether oxygens (including phenoxy) is 1. The van der Waals surface area contributed by atoms with Crippen LogP contribution in [0.25, 0.3) is 0 Å². The zero-order valence-electron chi connectivity index (χ0n) is 7.53. The van der Waals surface area contributed by atoms with Crippen molar-refractivity contribution in [1.29, 1.82) is 0 Å². The Morgan fingerprint density at radius 1 is 1.50 bits per heavy atom. The van der Waals surface area contributed by atoms with E-state index in [1.54, 1.807) is 0 Å². The van der Waals surface area contributed by atoms with E-state index in [1.807, 2.05) is 0 Å². The normalized spacial score (nSPS) is 11.5. The van der Waals surface area contributed by atoms with E-state index in [0.29, 0.717) is 0 Å². The number of carbonyl (C=O) groups excluding carboxylic acids is 1. The number of methoxy groups -OCH3 is 1. The molecule has 0 amide bonds. The number of H-pyrrole nitrogens is 1. The second-order valence-electron chi connectivity index (χ2n) is 2.71. The van der Waals surface area contributed by atoms with Crippen LogP contribution in [-0.4, -0.2) is 18.1 Å². The molecule has 0 bridgehead atoms. The standard InChI is InChI=1S/C8H8F3NO2/c1-4-5(7(13)14-2)3-6(12-4)8(9,10)11/h3,12H,1-2H3. The molecule has 78 valence electrons. The molecule has 0 saturated carbocycles. The lowest BCUT2D eigenvalue weighted by atomic mass is 10.2. The molecule has 1 heterocycles. The van der Waals surface area contributed by atoms with Crippen LogP contribution in [0.3, 0.4) is 0 Å². The summed E-state index contributed by atoms with van der Waals surface area (Å²) < 4.78 is 40.8. The highest BCUT2D eigenvalue weighted by molar-refractivity contribution is 5.90. The maximum Gasteiger partial charge on any atom is 0.431 e. The fourth-order valence-corrected chi connectivity index (χ4v) is 1.03. The summed E-state index contributed by atoms with van der Waals surface area (Å²) in [6, 6.07) is 0.737. The number of rotatable bonds is 1. The van der Waals surface area contributed by atoms with Gasteiger partial charge in [-0.05, 0) is 13.0 Å². The molecule has 0 atom stereocenters. The molecule has 3 nitrogen and oxygen atoms in total. The number of hydrogen-bond acceptors (Lipinski definition) is 2. The minimum absolute atomic E-state index is 0.0974. The van der Waals surface area contributed by atoms with Crippen LogP contribution in [0.4, 0.5) is 13.2 Å². The number of aryl methyl sites for hydroxylation is 1. The quantitative estimate of drug-likeness (QED) is 0.716. The van der Waals surface area contributed by atoms with Crippen LogP contribution in [-0.2, 0) is 10.9 Å². The molecule has 14 heavy (non-hydrogen) atoms. The molecule has 1 rings (SSSR count). The van der Waals surface area contributed by atoms with Gasteiger partial charge >= 0.3 is 12.1 Å². The molecule has 1 N–H and O–H groups in total. The van der Waals surface area contributed by atoms with Crippen molar-refractivity contribution >= 4 is 5.97 Å². The average molecular weight is 207 g/mol. The summed E-state index contributed by atoms with van der Waals surface area (Å²) in [5.41, 5.74) is -0.903. The van der Waals surface area contributed by atoms with E-state index >= 15 is 0 Å².